The van der Waals surface area contributed by atoms with Gasteiger partial charge in [0.15, 0.2) is 5.56 Å². The predicted octanol–water partition coefficient (Wildman–Crippen LogP) is 4.09. The van der Waals surface area contributed by atoms with Crippen LogP contribution >= 0.6 is 0 Å². The molecule has 1 aromatic carbocycles. The van der Waals surface area contributed by atoms with Gasteiger partial charge in [0.1, 0.15) is 18.0 Å². The molecule has 1 atom stereocenters. The van der Waals surface area contributed by atoms with Crippen molar-refractivity contribution in [3.8, 4) is 11.6 Å². The van der Waals surface area contributed by atoms with Gasteiger partial charge in [-0.2, -0.15) is 0 Å². The maximum Gasteiger partial charge on any atom is 0.408 e. The second-order valence-electron chi connectivity index (χ2n) is 8.21. The van der Waals surface area contributed by atoms with Crippen LogP contribution in [0.15, 0.2) is 36.4 Å². The first-order valence-electron chi connectivity index (χ1n) is 10.5. The number of aromatic nitrogens is 1. The quantitative estimate of drug-likeness (QED) is 0.582. The normalized spacial score (nSPS) is 11.9. The number of esters is 1. The summed E-state index contributed by atoms with van der Waals surface area (Å²) in [4.78, 5) is 29.2. The Labute approximate surface area is 189 Å². The summed E-state index contributed by atoms with van der Waals surface area (Å²) in [5.41, 5.74) is 1.11. The van der Waals surface area contributed by atoms with E-state index in [0.717, 1.165) is 5.56 Å². The third-order valence-corrected chi connectivity index (χ3v) is 4.24. The number of pyridine rings is 1. The molecule has 2 aromatic rings. The third kappa shape index (κ3) is 7.76. The molecule has 0 bridgehead atoms. The first-order chi connectivity index (χ1) is 15.1. The number of benzene rings is 1. The molecule has 8 heteroatoms. The molecule has 0 spiro atoms. The van der Waals surface area contributed by atoms with Gasteiger partial charge in [-0.3, -0.25) is 0 Å². The molecule has 8 nitrogen and oxygen atoms in total. The van der Waals surface area contributed by atoms with Gasteiger partial charge in [0.2, 0.25) is 5.88 Å². The monoisotopic (exact) mass is 444 g/mol. The van der Waals surface area contributed by atoms with E-state index in [1.165, 1.54) is 7.11 Å². The summed E-state index contributed by atoms with van der Waals surface area (Å²) in [6.07, 6.45) is -0.0353. The Hall–Kier alpha value is -3.29. The van der Waals surface area contributed by atoms with Gasteiger partial charge in [-0.25, -0.2) is 14.6 Å². The number of ether oxygens (including phenoxy) is 4. The van der Waals surface area contributed by atoms with Crippen molar-refractivity contribution >= 4 is 12.1 Å². The Balaban J connectivity index is 2.26. The molecule has 1 amide bonds. The van der Waals surface area contributed by atoms with Crippen LogP contribution in [0.4, 0.5) is 4.79 Å². The van der Waals surface area contributed by atoms with E-state index in [9.17, 15) is 9.59 Å². The van der Waals surface area contributed by atoms with Crippen molar-refractivity contribution in [2.24, 2.45) is 0 Å². The van der Waals surface area contributed by atoms with Crippen LogP contribution in [0.2, 0.25) is 0 Å². The molecule has 174 valence electrons. The molecular weight excluding hydrogens is 412 g/mol. The minimum absolute atomic E-state index is 0.0904. The fraction of sp³-hybridized carbons (Fsp3) is 0.458. The van der Waals surface area contributed by atoms with Crippen LogP contribution in [0.25, 0.3) is 0 Å². The van der Waals surface area contributed by atoms with Crippen molar-refractivity contribution < 1.29 is 28.5 Å². The van der Waals surface area contributed by atoms with Crippen LogP contribution in [0.5, 0.6) is 11.6 Å². The summed E-state index contributed by atoms with van der Waals surface area (Å²) in [5, 5.41) is 2.86. The molecule has 0 unspecified atom stereocenters. The van der Waals surface area contributed by atoms with E-state index in [1.807, 2.05) is 30.3 Å². The standard InChI is InChI=1S/C24H32N2O6/c1-7-30-22(27)20-19(13-16(2)25-21(20)29-6)31-15-18(14-17-11-9-8-10-12-17)26-23(28)32-24(3,4)5/h8-13,18H,7,14-15H2,1-6H3,(H,26,28)/t18-/m1/s1. The second kappa shape index (κ2) is 11.4. The molecule has 0 radical (unpaired) electrons. The van der Waals surface area contributed by atoms with E-state index in [2.05, 4.69) is 10.3 Å². The average Bonchev–Trinajstić information content (AvgIpc) is 2.70. The third-order valence-electron chi connectivity index (χ3n) is 4.24. The number of aryl methyl sites for hydroxylation is 1. The Bertz CT molecular complexity index is 909. The summed E-state index contributed by atoms with van der Waals surface area (Å²) in [5.74, 6) is -0.193. The minimum Gasteiger partial charge on any atom is -0.490 e. The van der Waals surface area contributed by atoms with Crippen LogP contribution in [0.3, 0.4) is 0 Å². The highest BCUT2D eigenvalue weighted by molar-refractivity contribution is 5.95. The van der Waals surface area contributed by atoms with Gasteiger partial charge >= 0.3 is 12.1 Å². The number of hydrogen-bond donors (Lipinski definition) is 1. The molecule has 1 N–H and O–H groups in total. The van der Waals surface area contributed by atoms with Crippen LogP contribution in [0.1, 0.15) is 49.3 Å². The van der Waals surface area contributed by atoms with Gasteiger partial charge in [0.25, 0.3) is 0 Å². The lowest BCUT2D eigenvalue weighted by Crippen LogP contribution is -2.43. The summed E-state index contributed by atoms with van der Waals surface area (Å²) < 4.78 is 21.8. The fourth-order valence-corrected chi connectivity index (χ4v) is 2.98. The lowest BCUT2D eigenvalue weighted by atomic mass is 10.1. The van der Waals surface area contributed by atoms with Gasteiger partial charge in [-0.15, -0.1) is 0 Å². The van der Waals surface area contributed by atoms with Gasteiger partial charge < -0.3 is 24.3 Å². The lowest BCUT2D eigenvalue weighted by Gasteiger charge is -2.24. The van der Waals surface area contributed by atoms with Crippen molar-refractivity contribution in [3.63, 3.8) is 0 Å². The Morgan fingerprint density at radius 2 is 1.84 bits per heavy atom. The van der Waals surface area contributed by atoms with Crippen molar-refractivity contribution in [1.82, 2.24) is 10.3 Å². The number of hydrogen-bond acceptors (Lipinski definition) is 7. The average molecular weight is 445 g/mol. The first kappa shape index (κ1) is 25.0. The summed E-state index contributed by atoms with van der Waals surface area (Å²) in [7, 11) is 1.43. The smallest absolute Gasteiger partial charge is 0.408 e. The number of methoxy groups -OCH3 is 1. The number of rotatable bonds is 9. The van der Waals surface area contributed by atoms with Crippen molar-refractivity contribution in [2.75, 3.05) is 20.3 Å². The molecule has 0 saturated carbocycles. The molecule has 0 aliphatic rings. The fourth-order valence-electron chi connectivity index (χ4n) is 2.98. The molecule has 0 aliphatic carbocycles. The van der Waals surface area contributed by atoms with E-state index in [4.69, 9.17) is 18.9 Å². The maximum absolute atomic E-state index is 12.5. The molecule has 2 rings (SSSR count). The molecule has 0 aliphatic heterocycles. The largest absolute Gasteiger partial charge is 0.490 e. The first-order valence-corrected chi connectivity index (χ1v) is 10.5. The van der Waals surface area contributed by atoms with Gasteiger partial charge in [-0.05, 0) is 46.6 Å². The van der Waals surface area contributed by atoms with Crippen molar-refractivity contribution in [1.29, 1.82) is 0 Å². The lowest BCUT2D eigenvalue weighted by molar-refractivity contribution is 0.0474. The number of amides is 1. The number of carbonyl (C=O) groups is 2. The molecular formula is C24H32N2O6. The number of nitrogens with zero attached hydrogens (tertiary/aromatic N) is 1. The summed E-state index contributed by atoms with van der Waals surface area (Å²) >= 11 is 0. The van der Waals surface area contributed by atoms with Gasteiger partial charge in [-0.1, -0.05) is 30.3 Å². The van der Waals surface area contributed by atoms with E-state index >= 15 is 0 Å². The molecule has 32 heavy (non-hydrogen) atoms. The number of alkyl carbamates (subject to hydrolysis) is 1. The second-order valence-corrected chi connectivity index (χ2v) is 8.21. The predicted molar refractivity (Wildman–Crippen MR) is 120 cm³/mol. The molecule has 1 aromatic heterocycles. The zero-order chi connectivity index (χ0) is 23.7. The molecule has 0 saturated heterocycles. The number of carbonyl (C=O) groups excluding carboxylic acids is 2. The Kier molecular flexibility index (Phi) is 8.87. The zero-order valence-electron chi connectivity index (χ0n) is 19.6. The molecule has 0 fully saturated rings. The van der Waals surface area contributed by atoms with Crippen molar-refractivity contribution in [3.05, 3.63) is 53.2 Å². The number of nitrogens with one attached hydrogen (secondary N) is 1. The van der Waals surface area contributed by atoms with Crippen LogP contribution in [-0.2, 0) is 15.9 Å². The van der Waals surface area contributed by atoms with Gasteiger partial charge in [0, 0.05) is 11.8 Å². The Morgan fingerprint density at radius 1 is 1.16 bits per heavy atom. The van der Waals surface area contributed by atoms with Gasteiger partial charge in [0.05, 0.1) is 19.8 Å². The maximum atomic E-state index is 12.5. The highest BCUT2D eigenvalue weighted by Gasteiger charge is 2.25. The topological polar surface area (TPSA) is 96.0 Å². The van der Waals surface area contributed by atoms with E-state index in [-0.39, 0.29) is 30.4 Å². The summed E-state index contributed by atoms with van der Waals surface area (Å²) in [6, 6.07) is 10.9. The minimum atomic E-state index is -0.630. The Morgan fingerprint density at radius 3 is 2.44 bits per heavy atom. The van der Waals surface area contributed by atoms with E-state index in [0.29, 0.717) is 12.1 Å². The summed E-state index contributed by atoms with van der Waals surface area (Å²) in [6.45, 7) is 9.17. The van der Waals surface area contributed by atoms with Crippen LogP contribution in [-0.4, -0.2) is 49.0 Å². The van der Waals surface area contributed by atoms with E-state index < -0.39 is 23.7 Å². The van der Waals surface area contributed by atoms with Crippen molar-refractivity contribution in [2.45, 2.75) is 52.7 Å². The van der Waals surface area contributed by atoms with Crippen LogP contribution < -0.4 is 14.8 Å². The zero-order valence-corrected chi connectivity index (χ0v) is 19.6. The van der Waals surface area contributed by atoms with E-state index in [1.54, 1.807) is 40.7 Å². The highest BCUT2D eigenvalue weighted by atomic mass is 16.6. The van der Waals surface area contributed by atoms with Crippen LogP contribution in [0, 0.1) is 6.92 Å². The SMILES string of the molecule is CCOC(=O)c1c(OC[C@@H](Cc2ccccc2)NC(=O)OC(C)(C)C)cc(C)nc1OC. The highest BCUT2D eigenvalue weighted by Crippen LogP contribution is 2.29. The molecule has 1 heterocycles.